The molecule has 142 valence electrons. The Morgan fingerprint density at radius 2 is 1.96 bits per heavy atom. The van der Waals surface area contributed by atoms with Crippen LogP contribution in [0.4, 0.5) is 4.39 Å². The minimum atomic E-state index is -0.315. The molecule has 0 saturated heterocycles. The zero-order valence-electron chi connectivity index (χ0n) is 15.5. The molecule has 3 aromatic rings. The summed E-state index contributed by atoms with van der Waals surface area (Å²) in [5.41, 5.74) is 1.13. The first kappa shape index (κ1) is 18.8. The van der Waals surface area contributed by atoms with Crippen molar-refractivity contribution in [2.24, 2.45) is 13.0 Å². The quantitative estimate of drug-likeness (QED) is 0.720. The predicted molar refractivity (Wildman–Crippen MR) is 99.5 cm³/mol. The second-order valence-electron chi connectivity index (χ2n) is 6.84. The van der Waals surface area contributed by atoms with Crippen LogP contribution in [0.25, 0.3) is 11.0 Å². The third-order valence-corrected chi connectivity index (χ3v) is 4.51. The van der Waals surface area contributed by atoms with Gasteiger partial charge >= 0.3 is 0 Å². The molecule has 2 heterocycles. The molecule has 1 aromatic carbocycles. The van der Waals surface area contributed by atoms with Crippen LogP contribution in [0.3, 0.4) is 0 Å². The molecule has 1 N–H and O–H groups in total. The molecule has 0 aliphatic heterocycles. The van der Waals surface area contributed by atoms with E-state index >= 15 is 0 Å². The molecule has 1 amide bonds. The molecule has 2 aromatic heterocycles. The molecule has 0 bridgehead atoms. The zero-order valence-corrected chi connectivity index (χ0v) is 15.5. The number of aromatic nitrogens is 4. The summed E-state index contributed by atoms with van der Waals surface area (Å²) >= 11 is 0. The van der Waals surface area contributed by atoms with E-state index in [1.165, 1.54) is 33.9 Å². The van der Waals surface area contributed by atoms with Crippen molar-refractivity contribution < 1.29 is 9.18 Å². The summed E-state index contributed by atoms with van der Waals surface area (Å²) in [6.45, 7) is 4.19. The highest BCUT2D eigenvalue weighted by molar-refractivity contribution is 5.76. The van der Waals surface area contributed by atoms with Crippen molar-refractivity contribution in [3.05, 3.63) is 58.5 Å². The molecule has 1 unspecified atom stereocenters. The summed E-state index contributed by atoms with van der Waals surface area (Å²) in [5, 5.41) is 7.42. The molecular weight excluding hydrogens is 349 g/mol. The van der Waals surface area contributed by atoms with E-state index < -0.39 is 0 Å². The fourth-order valence-electron chi connectivity index (χ4n) is 3.00. The van der Waals surface area contributed by atoms with Crippen LogP contribution in [0.15, 0.2) is 41.6 Å². The molecule has 27 heavy (non-hydrogen) atoms. The molecule has 0 radical (unpaired) electrons. The molecule has 0 spiro atoms. The molecule has 7 nitrogen and oxygen atoms in total. The smallest absolute Gasteiger partial charge is 0.264 e. The maximum absolute atomic E-state index is 13.1. The van der Waals surface area contributed by atoms with E-state index in [2.05, 4.69) is 15.4 Å². The molecule has 0 fully saturated rings. The van der Waals surface area contributed by atoms with Gasteiger partial charge in [-0.15, -0.1) is 0 Å². The van der Waals surface area contributed by atoms with Gasteiger partial charge in [-0.1, -0.05) is 26.0 Å². The summed E-state index contributed by atoms with van der Waals surface area (Å²) in [7, 11) is 1.72. The van der Waals surface area contributed by atoms with Gasteiger partial charge in [-0.05, 0) is 23.6 Å². The topological polar surface area (TPSA) is 81.8 Å². The van der Waals surface area contributed by atoms with Gasteiger partial charge < -0.3 is 5.32 Å². The molecule has 1 atom stereocenters. The van der Waals surface area contributed by atoms with Gasteiger partial charge in [0.1, 0.15) is 11.2 Å². The number of fused-ring (bicyclic) bond motifs is 1. The van der Waals surface area contributed by atoms with Gasteiger partial charge in [0.25, 0.3) is 5.56 Å². The maximum Gasteiger partial charge on any atom is 0.264 e. The average Bonchev–Trinajstić information content (AvgIpc) is 3.02. The largest absolute Gasteiger partial charge is 0.349 e. The van der Waals surface area contributed by atoms with Crippen LogP contribution < -0.4 is 10.9 Å². The van der Waals surface area contributed by atoms with E-state index in [1.54, 1.807) is 19.2 Å². The highest BCUT2D eigenvalue weighted by Gasteiger charge is 2.18. The lowest BCUT2D eigenvalue weighted by atomic mass is 9.96. The highest BCUT2D eigenvalue weighted by Crippen LogP contribution is 2.22. The van der Waals surface area contributed by atoms with Gasteiger partial charge in [0.05, 0.1) is 18.6 Å². The fraction of sp³-hybridized carbons (Fsp3) is 0.368. The molecule has 8 heteroatoms. The summed E-state index contributed by atoms with van der Waals surface area (Å²) in [6, 6.07) is 5.88. The maximum atomic E-state index is 13.1. The van der Waals surface area contributed by atoms with Crippen LogP contribution in [0, 0.1) is 11.7 Å². The third kappa shape index (κ3) is 4.05. The fourth-order valence-corrected chi connectivity index (χ4v) is 3.00. The predicted octanol–water partition coefficient (Wildman–Crippen LogP) is 2.17. The number of hydrogen-bond acceptors (Lipinski definition) is 4. The molecular formula is C19H22FN5O2. The first-order valence-electron chi connectivity index (χ1n) is 8.79. The van der Waals surface area contributed by atoms with Crippen molar-refractivity contribution in [1.82, 2.24) is 24.6 Å². The summed E-state index contributed by atoms with van der Waals surface area (Å²) < 4.78 is 16.1. The lowest BCUT2D eigenvalue weighted by molar-refractivity contribution is -0.122. The van der Waals surface area contributed by atoms with Crippen LogP contribution in [-0.2, 0) is 18.4 Å². The number of carbonyl (C=O) groups excluding carboxylic acids is 1. The average molecular weight is 371 g/mol. The monoisotopic (exact) mass is 371 g/mol. The summed E-state index contributed by atoms with van der Waals surface area (Å²) in [5.74, 6) is -0.364. The van der Waals surface area contributed by atoms with Crippen LogP contribution in [0.1, 0.15) is 31.9 Å². The molecule has 0 saturated carbocycles. The number of benzene rings is 1. The Kier molecular flexibility index (Phi) is 5.34. The van der Waals surface area contributed by atoms with Gasteiger partial charge in [0.2, 0.25) is 5.91 Å². The Balaban J connectivity index is 1.69. The minimum Gasteiger partial charge on any atom is -0.349 e. The normalized spacial score (nSPS) is 12.5. The molecule has 0 aliphatic carbocycles. The van der Waals surface area contributed by atoms with E-state index in [-0.39, 0.29) is 42.2 Å². The SMILES string of the molecule is CC(C)C(NC(=O)CCn1cnc2c(cnn2C)c1=O)c1ccc(F)cc1. The highest BCUT2D eigenvalue weighted by atomic mass is 19.1. The van der Waals surface area contributed by atoms with E-state index in [0.29, 0.717) is 11.0 Å². The first-order valence-corrected chi connectivity index (χ1v) is 8.79. The Bertz CT molecular complexity index is 1010. The van der Waals surface area contributed by atoms with Crippen LogP contribution >= 0.6 is 0 Å². The Morgan fingerprint density at radius 1 is 1.26 bits per heavy atom. The number of nitrogens with zero attached hydrogens (tertiary/aromatic N) is 4. The van der Waals surface area contributed by atoms with E-state index in [0.717, 1.165) is 5.56 Å². The van der Waals surface area contributed by atoms with Gasteiger partial charge in [-0.2, -0.15) is 5.10 Å². The van der Waals surface area contributed by atoms with Crippen LogP contribution in [0.5, 0.6) is 0 Å². The Hall–Kier alpha value is -3.03. The van der Waals surface area contributed by atoms with E-state index in [4.69, 9.17) is 0 Å². The number of amides is 1. The van der Waals surface area contributed by atoms with Crippen molar-refractivity contribution in [3.63, 3.8) is 0 Å². The van der Waals surface area contributed by atoms with Crippen molar-refractivity contribution in [2.45, 2.75) is 32.9 Å². The molecule has 3 rings (SSSR count). The van der Waals surface area contributed by atoms with E-state index in [1.807, 2.05) is 13.8 Å². The lowest BCUT2D eigenvalue weighted by Gasteiger charge is -2.23. The van der Waals surface area contributed by atoms with Gasteiger partial charge in [-0.3, -0.25) is 18.8 Å². The zero-order chi connectivity index (χ0) is 19.6. The van der Waals surface area contributed by atoms with Gasteiger partial charge in [0.15, 0.2) is 5.65 Å². The summed E-state index contributed by atoms with van der Waals surface area (Å²) in [4.78, 5) is 29.1. The Morgan fingerprint density at radius 3 is 2.63 bits per heavy atom. The van der Waals surface area contributed by atoms with Gasteiger partial charge in [0, 0.05) is 20.0 Å². The molecule has 0 aliphatic rings. The third-order valence-electron chi connectivity index (χ3n) is 4.51. The number of halogens is 1. The number of hydrogen-bond donors (Lipinski definition) is 1. The number of aryl methyl sites for hydroxylation is 2. The number of carbonyl (C=O) groups is 1. The van der Waals surface area contributed by atoms with Gasteiger partial charge in [-0.25, -0.2) is 9.37 Å². The van der Waals surface area contributed by atoms with Crippen molar-refractivity contribution in [2.75, 3.05) is 0 Å². The van der Waals surface area contributed by atoms with Crippen molar-refractivity contribution in [3.8, 4) is 0 Å². The summed E-state index contributed by atoms with van der Waals surface area (Å²) in [6.07, 6.45) is 3.04. The number of nitrogens with one attached hydrogen (secondary N) is 1. The van der Waals surface area contributed by atoms with Crippen LogP contribution in [-0.4, -0.2) is 25.2 Å². The Labute approximate surface area is 155 Å². The van der Waals surface area contributed by atoms with Crippen LogP contribution in [0.2, 0.25) is 0 Å². The van der Waals surface area contributed by atoms with Crippen molar-refractivity contribution >= 4 is 16.9 Å². The number of rotatable bonds is 6. The standard InChI is InChI=1S/C19H22FN5O2/c1-12(2)17(13-4-6-14(20)7-5-13)23-16(26)8-9-25-11-21-18-15(19(25)27)10-22-24(18)3/h4-7,10-12,17H,8-9H2,1-3H3,(H,23,26). The second kappa shape index (κ2) is 7.69. The minimum absolute atomic E-state index is 0.135. The van der Waals surface area contributed by atoms with Crippen molar-refractivity contribution in [1.29, 1.82) is 0 Å². The lowest BCUT2D eigenvalue weighted by Crippen LogP contribution is -2.33. The van der Waals surface area contributed by atoms with E-state index in [9.17, 15) is 14.0 Å². The first-order chi connectivity index (χ1) is 12.9. The second-order valence-corrected chi connectivity index (χ2v) is 6.84.